The Labute approximate surface area is 89.6 Å². The lowest BCUT2D eigenvalue weighted by Crippen LogP contribution is -1.89. The van der Waals surface area contributed by atoms with Gasteiger partial charge in [-0.2, -0.15) is 0 Å². The standard InChI is InChI=1S/C9H5Cl2FO2/c10-6-2-3-7(12)5(9(6)11)1-4-8(13)14/h1-4H,(H,13,14)/b4-1+. The Morgan fingerprint density at radius 2 is 2.07 bits per heavy atom. The fourth-order valence-electron chi connectivity index (χ4n) is 0.850. The van der Waals surface area contributed by atoms with Gasteiger partial charge in [0.2, 0.25) is 0 Å². The monoisotopic (exact) mass is 234 g/mol. The van der Waals surface area contributed by atoms with Gasteiger partial charge < -0.3 is 5.11 Å². The first-order valence-electron chi connectivity index (χ1n) is 3.57. The summed E-state index contributed by atoms with van der Waals surface area (Å²) in [5.41, 5.74) is -0.0263. The topological polar surface area (TPSA) is 37.3 Å². The molecule has 0 bridgehead atoms. The van der Waals surface area contributed by atoms with Crippen LogP contribution >= 0.6 is 23.2 Å². The molecular formula is C9H5Cl2FO2. The van der Waals surface area contributed by atoms with E-state index in [0.29, 0.717) is 0 Å². The molecule has 0 fully saturated rings. The highest BCUT2D eigenvalue weighted by molar-refractivity contribution is 6.42. The van der Waals surface area contributed by atoms with Crippen LogP contribution in [0.25, 0.3) is 6.08 Å². The zero-order valence-electron chi connectivity index (χ0n) is 6.80. The van der Waals surface area contributed by atoms with Crippen molar-refractivity contribution in [3.8, 4) is 0 Å². The molecule has 2 nitrogen and oxygen atoms in total. The SMILES string of the molecule is O=C(O)/C=C/c1c(F)ccc(Cl)c1Cl. The summed E-state index contributed by atoms with van der Waals surface area (Å²) in [5.74, 6) is -1.79. The average molecular weight is 235 g/mol. The molecule has 0 amide bonds. The zero-order chi connectivity index (χ0) is 10.7. The first kappa shape index (κ1) is 11.0. The van der Waals surface area contributed by atoms with Gasteiger partial charge in [0.1, 0.15) is 5.82 Å². The van der Waals surface area contributed by atoms with E-state index in [-0.39, 0.29) is 15.6 Å². The van der Waals surface area contributed by atoms with Gasteiger partial charge in [0.25, 0.3) is 0 Å². The van der Waals surface area contributed by atoms with Crippen LogP contribution in [0.15, 0.2) is 18.2 Å². The molecule has 0 aliphatic carbocycles. The molecule has 0 unspecified atom stereocenters. The maximum Gasteiger partial charge on any atom is 0.328 e. The van der Waals surface area contributed by atoms with Gasteiger partial charge in [0, 0.05) is 11.6 Å². The Kier molecular flexibility index (Phi) is 3.49. The summed E-state index contributed by atoms with van der Waals surface area (Å²) in [6.07, 6.45) is 1.85. The predicted octanol–water partition coefficient (Wildman–Crippen LogP) is 3.23. The molecule has 1 aromatic carbocycles. The Morgan fingerprint density at radius 3 is 2.64 bits per heavy atom. The van der Waals surface area contributed by atoms with Crippen molar-refractivity contribution in [2.45, 2.75) is 0 Å². The van der Waals surface area contributed by atoms with E-state index in [2.05, 4.69) is 0 Å². The summed E-state index contributed by atoms with van der Waals surface area (Å²) in [4.78, 5) is 10.2. The third-order valence-electron chi connectivity index (χ3n) is 1.47. The summed E-state index contributed by atoms with van der Waals surface area (Å²) in [6.45, 7) is 0. The van der Waals surface area contributed by atoms with E-state index in [4.69, 9.17) is 28.3 Å². The van der Waals surface area contributed by atoms with E-state index in [9.17, 15) is 9.18 Å². The number of carboxylic acids is 1. The summed E-state index contributed by atoms with van der Waals surface area (Å²) >= 11 is 11.3. The lowest BCUT2D eigenvalue weighted by atomic mass is 10.2. The second-order valence-electron chi connectivity index (χ2n) is 2.43. The van der Waals surface area contributed by atoms with Crippen LogP contribution in [0.3, 0.4) is 0 Å². The quantitative estimate of drug-likeness (QED) is 0.631. The van der Waals surface area contributed by atoms with Crippen LogP contribution in [0.1, 0.15) is 5.56 Å². The van der Waals surface area contributed by atoms with Crippen molar-refractivity contribution in [1.82, 2.24) is 0 Å². The van der Waals surface area contributed by atoms with E-state index in [1.165, 1.54) is 6.07 Å². The van der Waals surface area contributed by atoms with Crippen molar-refractivity contribution in [1.29, 1.82) is 0 Å². The molecule has 5 heteroatoms. The van der Waals surface area contributed by atoms with Crippen LogP contribution in [-0.4, -0.2) is 11.1 Å². The van der Waals surface area contributed by atoms with Gasteiger partial charge in [-0.15, -0.1) is 0 Å². The molecule has 74 valence electrons. The normalized spacial score (nSPS) is 10.8. The van der Waals surface area contributed by atoms with Gasteiger partial charge in [-0.3, -0.25) is 0 Å². The van der Waals surface area contributed by atoms with Crippen molar-refractivity contribution in [3.05, 3.63) is 39.6 Å². The third-order valence-corrected chi connectivity index (χ3v) is 2.29. The minimum Gasteiger partial charge on any atom is -0.478 e. The predicted molar refractivity (Wildman–Crippen MR) is 53.1 cm³/mol. The number of hydrogen-bond donors (Lipinski definition) is 1. The molecule has 1 rings (SSSR count). The number of benzene rings is 1. The van der Waals surface area contributed by atoms with Gasteiger partial charge in [-0.1, -0.05) is 23.2 Å². The van der Waals surface area contributed by atoms with E-state index >= 15 is 0 Å². The third kappa shape index (κ3) is 2.47. The van der Waals surface area contributed by atoms with Crippen LogP contribution in [0.5, 0.6) is 0 Å². The smallest absolute Gasteiger partial charge is 0.328 e. The first-order valence-corrected chi connectivity index (χ1v) is 4.32. The molecule has 0 aromatic heterocycles. The molecule has 0 heterocycles. The average Bonchev–Trinajstić information content (AvgIpc) is 2.11. The zero-order valence-corrected chi connectivity index (χ0v) is 8.31. The number of aliphatic carboxylic acids is 1. The van der Waals surface area contributed by atoms with Gasteiger partial charge in [0.05, 0.1) is 10.0 Å². The molecule has 0 radical (unpaired) electrons. The fourth-order valence-corrected chi connectivity index (χ4v) is 1.23. The van der Waals surface area contributed by atoms with Crippen molar-refractivity contribution >= 4 is 35.2 Å². The summed E-state index contributed by atoms with van der Waals surface area (Å²) in [6, 6.07) is 2.42. The van der Waals surface area contributed by atoms with Crippen LogP contribution in [0.4, 0.5) is 4.39 Å². The molecule has 1 N–H and O–H groups in total. The van der Waals surface area contributed by atoms with Crippen LogP contribution < -0.4 is 0 Å². The highest BCUT2D eigenvalue weighted by atomic mass is 35.5. The molecule has 0 atom stereocenters. The number of carbonyl (C=O) groups is 1. The minimum absolute atomic E-state index is 0.00386. The van der Waals surface area contributed by atoms with Gasteiger partial charge in [-0.05, 0) is 18.2 Å². The molecule has 0 aliphatic heterocycles. The number of carboxylic acid groups (broad SMARTS) is 1. The van der Waals surface area contributed by atoms with Crippen molar-refractivity contribution < 1.29 is 14.3 Å². The van der Waals surface area contributed by atoms with Crippen molar-refractivity contribution in [2.24, 2.45) is 0 Å². The van der Waals surface area contributed by atoms with E-state index in [1.807, 2.05) is 0 Å². The maximum atomic E-state index is 13.1. The second-order valence-corrected chi connectivity index (χ2v) is 3.21. The Hall–Kier alpha value is -1.06. The van der Waals surface area contributed by atoms with Crippen LogP contribution in [-0.2, 0) is 4.79 Å². The van der Waals surface area contributed by atoms with E-state index < -0.39 is 11.8 Å². The first-order chi connectivity index (χ1) is 6.52. The maximum absolute atomic E-state index is 13.1. The van der Waals surface area contributed by atoms with Crippen molar-refractivity contribution in [3.63, 3.8) is 0 Å². The Balaban J connectivity index is 3.19. The number of rotatable bonds is 2. The Morgan fingerprint density at radius 1 is 1.43 bits per heavy atom. The number of hydrogen-bond acceptors (Lipinski definition) is 1. The molecule has 0 aliphatic rings. The fraction of sp³-hybridized carbons (Fsp3) is 0. The van der Waals surface area contributed by atoms with Gasteiger partial charge in [-0.25, -0.2) is 9.18 Å². The van der Waals surface area contributed by atoms with Crippen LogP contribution in [0, 0.1) is 5.82 Å². The van der Waals surface area contributed by atoms with Gasteiger partial charge in [0.15, 0.2) is 0 Å². The molecule has 0 saturated carbocycles. The molecule has 0 saturated heterocycles. The lowest BCUT2D eigenvalue weighted by molar-refractivity contribution is -0.131. The second kappa shape index (κ2) is 4.44. The molecular weight excluding hydrogens is 230 g/mol. The highest BCUT2D eigenvalue weighted by Crippen LogP contribution is 2.28. The summed E-state index contributed by atoms with van der Waals surface area (Å²) in [7, 11) is 0. The minimum atomic E-state index is -1.18. The number of halogens is 3. The largest absolute Gasteiger partial charge is 0.478 e. The summed E-state index contributed by atoms with van der Waals surface area (Å²) < 4.78 is 13.1. The molecule has 1 aromatic rings. The van der Waals surface area contributed by atoms with E-state index in [0.717, 1.165) is 18.2 Å². The highest BCUT2D eigenvalue weighted by Gasteiger charge is 2.07. The van der Waals surface area contributed by atoms with E-state index in [1.54, 1.807) is 0 Å². The summed E-state index contributed by atoms with van der Waals surface area (Å²) in [5, 5.41) is 8.52. The Bertz CT molecular complexity index is 402. The van der Waals surface area contributed by atoms with Crippen molar-refractivity contribution in [2.75, 3.05) is 0 Å². The molecule has 14 heavy (non-hydrogen) atoms. The molecule has 0 spiro atoms. The van der Waals surface area contributed by atoms with Crippen LogP contribution in [0.2, 0.25) is 10.0 Å². The van der Waals surface area contributed by atoms with Gasteiger partial charge >= 0.3 is 5.97 Å². The lowest BCUT2D eigenvalue weighted by Gasteiger charge is -2.01.